The van der Waals surface area contributed by atoms with E-state index in [2.05, 4.69) is 27.8 Å². The molecule has 0 unspecified atom stereocenters. The van der Waals surface area contributed by atoms with E-state index in [4.69, 9.17) is 4.98 Å². The molecule has 1 fully saturated rings. The van der Waals surface area contributed by atoms with Gasteiger partial charge in [-0.05, 0) is 30.5 Å². The molecule has 0 bridgehead atoms. The molecule has 26 heavy (non-hydrogen) atoms. The zero-order valence-corrected chi connectivity index (χ0v) is 16.4. The van der Waals surface area contributed by atoms with Gasteiger partial charge in [-0.2, -0.15) is 0 Å². The predicted molar refractivity (Wildman–Crippen MR) is 108 cm³/mol. The van der Waals surface area contributed by atoms with Crippen LogP contribution in [-0.4, -0.2) is 46.9 Å². The summed E-state index contributed by atoms with van der Waals surface area (Å²) in [6.07, 6.45) is 0. The number of hydrogen-bond donors (Lipinski definition) is 0. The number of benzene rings is 1. The molecule has 0 radical (unpaired) electrons. The van der Waals surface area contributed by atoms with Crippen LogP contribution >= 0.6 is 22.7 Å². The highest BCUT2D eigenvalue weighted by Gasteiger charge is 2.22. The first kappa shape index (κ1) is 17.4. The lowest BCUT2D eigenvalue weighted by Crippen LogP contribution is -2.48. The normalized spacial score (nSPS) is 15.3. The van der Waals surface area contributed by atoms with Gasteiger partial charge in [-0.3, -0.25) is 9.69 Å². The topological polar surface area (TPSA) is 36.4 Å². The molecule has 0 saturated carbocycles. The number of amides is 1. The fourth-order valence-electron chi connectivity index (χ4n) is 3.18. The smallest absolute Gasteiger partial charge is 0.253 e. The predicted octanol–water partition coefficient (Wildman–Crippen LogP) is 4.14. The Labute approximate surface area is 161 Å². The molecular weight excluding hydrogens is 362 g/mol. The van der Waals surface area contributed by atoms with E-state index in [1.54, 1.807) is 22.7 Å². The molecule has 0 aliphatic carbocycles. The second-order valence-electron chi connectivity index (χ2n) is 6.54. The third-order valence-corrected chi connectivity index (χ3v) is 6.33. The number of piperazine rings is 1. The van der Waals surface area contributed by atoms with E-state index in [0.717, 1.165) is 54.6 Å². The van der Waals surface area contributed by atoms with Crippen LogP contribution in [0.1, 0.15) is 20.9 Å². The van der Waals surface area contributed by atoms with E-state index >= 15 is 0 Å². The SMILES string of the molecule is Cc1cccc(C(=O)N2CCN(Cc3nc(-c4cccs4)cs3)CC2)c1. The Balaban J connectivity index is 1.33. The van der Waals surface area contributed by atoms with Crippen molar-refractivity contribution in [2.45, 2.75) is 13.5 Å². The molecule has 2 aromatic heterocycles. The lowest BCUT2D eigenvalue weighted by Gasteiger charge is -2.34. The van der Waals surface area contributed by atoms with Gasteiger partial charge in [0.25, 0.3) is 5.91 Å². The third-order valence-electron chi connectivity index (χ3n) is 4.61. The van der Waals surface area contributed by atoms with Crippen molar-refractivity contribution in [3.8, 4) is 10.6 Å². The van der Waals surface area contributed by atoms with Crippen molar-refractivity contribution in [1.29, 1.82) is 0 Å². The van der Waals surface area contributed by atoms with Gasteiger partial charge in [0.15, 0.2) is 0 Å². The minimum Gasteiger partial charge on any atom is -0.336 e. The van der Waals surface area contributed by atoms with Gasteiger partial charge < -0.3 is 4.90 Å². The largest absolute Gasteiger partial charge is 0.336 e. The zero-order valence-electron chi connectivity index (χ0n) is 14.7. The quantitative estimate of drug-likeness (QED) is 0.679. The van der Waals surface area contributed by atoms with E-state index < -0.39 is 0 Å². The molecule has 4 rings (SSSR count). The van der Waals surface area contributed by atoms with Crippen LogP contribution in [0.3, 0.4) is 0 Å². The minimum absolute atomic E-state index is 0.141. The van der Waals surface area contributed by atoms with Crippen molar-refractivity contribution < 1.29 is 4.79 Å². The lowest BCUT2D eigenvalue weighted by atomic mass is 10.1. The molecule has 3 heterocycles. The third kappa shape index (κ3) is 3.87. The number of rotatable bonds is 4. The Morgan fingerprint density at radius 3 is 2.69 bits per heavy atom. The summed E-state index contributed by atoms with van der Waals surface area (Å²) in [5, 5.41) is 5.36. The first-order chi connectivity index (χ1) is 12.7. The summed E-state index contributed by atoms with van der Waals surface area (Å²) >= 11 is 3.44. The van der Waals surface area contributed by atoms with Crippen molar-refractivity contribution in [2.24, 2.45) is 0 Å². The standard InChI is InChI=1S/C20H21N3OS2/c1-15-4-2-5-16(12-15)20(24)23-9-7-22(8-10-23)13-19-21-17(14-26-19)18-6-3-11-25-18/h2-6,11-12,14H,7-10,13H2,1H3. The van der Waals surface area contributed by atoms with Gasteiger partial charge in [-0.25, -0.2) is 4.98 Å². The van der Waals surface area contributed by atoms with Gasteiger partial charge in [-0.1, -0.05) is 23.8 Å². The number of aromatic nitrogens is 1. The van der Waals surface area contributed by atoms with E-state index in [-0.39, 0.29) is 5.91 Å². The van der Waals surface area contributed by atoms with E-state index in [1.807, 2.05) is 36.1 Å². The zero-order chi connectivity index (χ0) is 17.9. The Morgan fingerprint density at radius 2 is 1.96 bits per heavy atom. The van der Waals surface area contributed by atoms with Crippen molar-refractivity contribution in [1.82, 2.24) is 14.8 Å². The van der Waals surface area contributed by atoms with Crippen molar-refractivity contribution in [3.63, 3.8) is 0 Å². The van der Waals surface area contributed by atoms with Gasteiger partial charge >= 0.3 is 0 Å². The van der Waals surface area contributed by atoms with E-state index in [1.165, 1.54) is 4.88 Å². The lowest BCUT2D eigenvalue weighted by molar-refractivity contribution is 0.0628. The summed E-state index contributed by atoms with van der Waals surface area (Å²) in [7, 11) is 0. The van der Waals surface area contributed by atoms with E-state index in [0.29, 0.717) is 0 Å². The molecular formula is C20H21N3OS2. The molecule has 1 aromatic carbocycles. The number of hydrogen-bond acceptors (Lipinski definition) is 5. The van der Waals surface area contributed by atoms with Crippen LogP contribution in [0.2, 0.25) is 0 Å². The van der Waals surface area contributed by atoms with E-state index in [9.17, 15) is 4.79 Å². The molecule has 1 aliphatic rings. The van der Waals surface area contributed by atoms with Crippen LogP contribution in [0.25, 0.3) is 10.6 Å². The molecule has 1 amide bonds. The Morgan fingerprint density at radius 1 is 1.12 bits per heavy atom. The number of carbonyl (C=O) groups excluding carboxylic acids is 1. The van der Waals surface area contributed by atoms with Crippen LogP contribution in [-0.2, 0) is 6.54 Å². The van der Waals surface area contributed by atoms with Gasteiger partial charge in [0.1, 0.15) is 5.01 Å². The maximum Gasteiger partial charge on any atom is 0.253 e. The van der Waals surface area contributed by atoms with Crippen LogP contribution in [0, 0.1) is 6.92 Å². The summed E-state index contributed by atoms with van der Waals surface area (Å²) in [6.45, 7) is 6.22. The average molecular weight is 384 g/mol. The maximum atomic E-state index is 12.6. The highest BCUT2D eigenvalue weighted by molar-refractivity contribution is 7.14. The molecule has 1 saturated heterocycles. The van der Waals surface area contributed by atoms with Crippen molar-refractivity contribution in [2.75, 3.05) is 26.2 Å². The summed E-state index contributed by atoms with van der Waals surface area (Å²) in [4.78, 5) is 23.0. The summed E-state index contributed by atoms with van der Waals surface area (Å²) < 4.78 is 0. The molecule has 6 heteroatoms. The molecule has 3 aromatic rings. The Kier molecular flexibility index (Phi) is 5.15. The minimum atomic E-state index is 0.141. The number of thiazole rings is 1. The highest BCUT2D eigenvalue weighted by Crippen LogP contribution is 2.26. The number of thiophene rings is 1. The second-order valence-corrected chi connectivity index (χ2v) is 8.43. The van der Waals surface area contributed by atoms with Crippen LogP contribution < -0.4 is 0 Å². The summed E-state index contributed by atoms with van der Waals surface area (Å²) in [5.74, 6) is 0.141. The fourth-order valence-corrected chi connectivity index (χ4v) is 4.78. The fraction of sp³-hybridized carbons (Fsp3) is 0.300. The van der Waals surface area contributed by atoms with Crippen LogP contribution in [0.5, 0.6) is 0 Å². The van der Waals surface area contributed by atoms with Gasteiger partial charge in [-0.15, -0.1) is 22.7 Å². The molecule has 0 atom stereocenters. The van der Waals surface area contributed by atoms with Crippen LogP contribution in [0.15, 0.2) is 47.2 Å². The highest BCUT2D eigenvalue weighted by atomic mass is 32.1. The molecule has 0 spiro atoms. The summed E-state index contributed by atoms with van der Waals surface area (Å²) in [5.41, 5.74) is 2.99. The van der Waals surface area contributed by atoms with Crippen LogP contribution in [0.4, 0.5) is 0 Å². The van der Waals surface area contributed by atoms with Crippen molar-refractivity contribution in [3.05, 3.63) is 63.3 Å². The van der Waals surface area contributed by atoms with Gasteiger partial charge in [0, 0.05) is 37.1 Å². The maximum absolute atomic E-state index is 12.6. The van der Waals surface area contributed by atoms with Gasteiger partial charge in [0.05, 0.1) is 17.1 Å². The summed E-state index contributed by atoms with van der Waals surface area (Å²) in [6, 6.07) is 12.0. The molecule has 134 valence electrons. The Bertz CT molecular complexity index is 880. The Hall–Kier alpha value is -2.02. The number of nitrogens with zero attached hydrogens (tertiary/aromatic N) is 3. The monoisotopic (exact) mass is 383 g/mol. The molecule has 1 aliphatic heterocycles. The molecule has 0 N–H and O–H groups in total. The van der Waals surface area contributed by atoms with Crippen molar-refractivity contribution >= 4 is 28.6 Å². The molecule has 4 nitrogen and oxygen atoms in total. The average Bonchev–Trinajstić information content (AvgIpc) is 3.33. The van der Waals surface area contributed by atoms with Gasteiger partial charge in [0.2, 0.25) is 0 Å². The first-order valence-electron chi connectivity index (χ1n) is 8.75. The number of carbonyl (C=O) groups is 1. The second kappa shape index (κ2) is 7.70. The first-order valence-corrected chi connectivity index (χ1v) is 10.5. The number of aryl methyl sites for hydroxylation is 1.